The molecule has 0 aliphatic carbocycles. The molecule has 0 saturated carbocycles. The number of benzene rings is 1. The monoisotopic (exact) mass is 337 g/mol. The van der Waals surface area contributed by atoms with Crippen molar-refractivity contribution in [1.29, 1.82) is 0 Å². The molecule has 1 aliphatic rings. The van der Waals surface area contributed by atoms with Gasteiger partial charge in [0, 0.05) is 12.1 Å². The van der Waals surface area contributed by atoms with Crippen molar-refractivity contribution in [1.82, 2.24) is 15.1 Å². The van der Waals surface area contributed by atoms with Gasteiger partial charge in [0.15, 0.2) is 5.69 Å². The molecule has 1 amide bonds. The highest BCUT2D eigenvalue weighted by Crippen LogP contribution is 2.43. The lowest BCUT2D eigenvalue weighted by Crippen LogP contribution is -2.30. The van der Waals surface area contributed by atoms with Gasteiger partial charge in [-0.15, -0.1) is 11.3 Å². The van der Waals surface area contributed by atoms with Crippen molar-refractivity contribution in [2.24, 2.45) is 0 Å². The van der Waals surface area contributed by atoms with Crippen LogP contribution in [0, 0.1) is 6.92 Å². The first-order valence-electron chi connectivity index (χ1n) is 8.20. The number of fused-ring (bicyclic) bond motifs is 1. The van der Waals surface area contributed by atoms with E-state index in [9.17, 15) is 4.79 Å². The third-order valence-corrected chi connectivity index (χ3v) is 5.37. The smallest absolute Gasteiger partial charge is 0.275 e. The van der Waals surface area contributed by atoms with Crippen LogP contribution in [0.1, 0.15) is 46.6 Å². The number of hydrogen-bond donors (Lipinski definition) is 1. The summed E-state index contributed by atoms with van der Waals surface area (Å²) in [5, 5.41) is 9.49. The molecule has 1 N–H and O–H groups in total. The predicted octanol–water partition coefficient (Wildman–Crippen LogP) is 4.40. The fraction of sp³-hybridized carbons (Fsp3) is 0.263. The first-order valence-corrected chi connectivity index (χ1v) is 9.08. The van der Waals surface area contributed by atoms with Gasteiger partial charge in [0.2, 0.25) is 0 Å². The Morgan fingerprint density at radius 2 is 2.04 bits per heavy atom. The zero-order valence-electron chi connectivity index (χ0n) is 13.7. The van der Waals surface area contributed by atoms with Gasteiger partial charge >= 0.3 is 0 Å². The van der Waals surface area contributed by atoms with Crippen LogP contribution in [0.5, 0.6) is 0 Å². The molecule has 3 aromatic rings. The van der Waals surface area contributed by atoms with E-state index in [1.807, 2.05) is 16.3 Å². The number of hydrogen-bond acceptors (Lipinski definition) is 3. The van der Waals surface area contributed by atoms with Crippen LogP contribution in [-0.4, -0.2) is 27.5 Å². The minimum Gasteiger partial charge on any atom is -0.326 e. The van der Waals surface area contributed by atoms with Crippen molar-refractivity contribution in [2.45, 2.75) is 26.3 Å². The van der Waals surface area contributed by atoms with Gasteiger partial charge in [-0.05, 0) is 30.4 Å². The van der Waals surface area contributed by atoms with Crippen LogP contribution in [0.4, 0.5) is 0 Å². The van der Waals surface area contributed by atoms with E-state index in [1.54, 1.807) is 11.3 Å². The van der Waals surface area contributed by atoms with Crippen LogP contribution >= 0.6 is 11.3 Å². The highest BCUT2D eigenvalue weighted by atomic mass is 32.1. The Balaban J connectivity index is 1.89. The highest BCUT2D eigenvalue weighted by molar-refractivity contribution is 7.13. The number of amides is 1. The SMILES string of the molecule is CCCN1C(=O)c2n[nH]c(-c3cccs3)c2C1c1ccc(C)cc1. The third kappa shape index (κ3) is 2.27. The topological polar surface area (TPSA) is 49.0 Å². The van der Waals surface area contributed by atoms with Crippen molar-refractivity contribution >= 4 is 17.2 Å². The summed E-state index contributed by atoms with van der Waals surface area (Å²) in [4.78, 5) is 15.9. The predicted molar refractivity (Wildman–Crippen MR) is 96.3 cm³/mol. The third-order valence-electron chi connectivity index (χ3n) is 4.48. The molecule has 1 aliphatic heterocycles. The second-order valence-electron chi connectivity index (χ2n) is 6.15. The number of H-pyrrole nitrogens is 1. The van der Waals surface area contributed by atoms with E-state index in [1.165, 1.54) is 5.56 Å². The molecule has 1 atom stereocenters. The van der Waals surface area contributed by atoms with E-state index in [2.05, 4.69) is 54.4 Å². The highest BCUT2D eigenvalue weighted by Gasteiger charge is 2.42. The van der Waals surface area contributed by atoms with Gasteiger partial charge in [-0.1, -0.05) is 42.8 Å². The lowest BCUT2D eigenvalue weighted by atomic mass is 9.97. The molecule has 5 heteroatoms. The van der Waals surface area contributed by atoms with E-state index in [0.717, 1.165) is 34.7 Å². The Hall–Kier alpha value is -2.40. The summed E-state index contributed by atoms with van der Waals surface area (Å²) < 4.78 is 0. The molecule has 4 rings (SSSR count). The number of aromatic nitrogens is 2. The summed E-state index contributed by atoms with van der Waals surface area (Å²) in [5.41, 5.74) is 4.91. The lowest BCUT2D eigenvalue weighted by Gasteiger charge is -2.26. The molecule has 3 heterocycles. The van der Waals surface area contributed by atoms with Gasteiger partial charge in [-0.3, -0.25) is 9.89 Å². The standard InChI is InChI=1S/C19H19N3OS/c1-3-10-22-18(13-8-6-12(2)7-9-13)15-16(14-5-4-11-24-14)20-21-17(15)19(22)23/h4-9,11,18H,3,10H2,1-2H3,(H,20,21). The van der Waals surface area contributed by atoms with Crippen LogP contribution in [0.2, 0.25) is 0 Å². The quantitative estimate of drug-likeness (QED) is 0.767. The van der Waals surface area contributed by atoms with Crippen molar-refractivity contribution in [3.05, 3.63) is 64.2 Å². The maximum atomic E-state index is 12.9. The van der Waals surface area contributed by atoms with Crippen LogP contribution in [0.15, 0.2) is 41.8 Å². The van der Waals surface area contributed by atoms with Gasteiger partial charge in [-0.25, -0.2) is 0 Å². The Kier molecular flexibility index (Phi) is 3.73. The fourth-order valence-corrected chi connectivity index (χ4v) is 4.10. The molecule has 0 bridgehead atoms. The minimum absolute atomic E-state index is 0.0245. The largest absolute Gasteiger partial charge is 0.326 e. The van der Waals surface area contributed by atoms with Crippen LogP contribution in [0.3, 0.4) is 0 Å². The first-order chi connectivity index (χ1) is 11.7. The number of aryl methyl sites for hydroxylation is 1. The summed E-state index contributed by atoms with van der Waals surface area (Å²) in [6, 6.07) is 12.5. The molecular weight excluding hydrogens is 318 g/mol. The molecule has 0 fully saturated rings. The Morgan fingerprint density at radius 1 is 1.25 bits per heavy atom. The van der Waals surface area contributed by atoms with Gasteiger partial charge in [0.05, 0.1) is 16.6 Å². The Bertz CT molecular complexity index is 865. The molecule has 4 nitrogen and oxygen atoms in total. The number of carbonyl (C=O) groups excluding carboxylic acids is 1. The summed E-state index contributed by atoms with van der Waals surface area (Å²) in [6.45, 7) is 4.91. The van der Waals surface area contributed by atoms with Crippen molar-refractivity contribution < 1.29 is 4.79 Å². The van der Waals surface area contributed by atoms with Crippen LogP contribution < -0.4 is 0 Å². The number of carbonyl (C=O) groups is 1. The van der Waals surface area contributed by atoms with Gasteiger partial charge in [0.25, 0.3) is 5.91 Å². The van der Waals surface area contributed by atoms with Crippen LogP contribution in [0.25, 0.3) is 10.6 Å². The molecule has 0 saturated heterocycles. The maximum absolute atomic E-state index is 12.9. The number of nitrogens with zero attached hydrogens (tertiary/aromatic N) is 2. The Morgan fingerprint density at radius 3 is 2.71 bits per heavy atom. The second-order valence-corrected chi connectivity index (χ2v) is 7.10. The zero-order chi connectivity index (χ0) is 16.7. The van der Waals surface area contributed by atoms with Gasteiger partial charge in [0.1, 0.15) is 0 Å². The summed E-state index contributed by atoms with van der Waals surface area (Å²) >= 11 is 1.66. The van der Waals surface area contributed by atoms with E-state index >= 15 is 0 Å². The average molecular weight is 337 g/mol. The molecule has 2 aromatic heterocycles. The number of nitrogens with one attached hydrogen (secondary N) is 1. The molecule has 0 radical (unpaired) electrons. The van der Waals surface area contributed by atoms with Crippen molar-refractivity contribution in [3.8, 4) is 10.6 Å². The molecule has 122 valence electrons. The number of thiophene rings is 1. The molecular formula is C19H19N3OS. The van der Waals surface area contributed by atoms with E-state index in [-0.39, 0.29) is 11.9 Å². The zero-order valence-corrected chi connectivity index (χ0v) is 14.6. The van der Waals surface area contributed by atoms with Crippen molar-refractivity contribution in [3.63, 3.8) is 0 Å². The van der Waals surface area contributed by atoms with E-state index in [4.69, 9.17) is 0 Å². The van der Waals surface area contributed by atoms with E-state index in [0.29, 0.717) is 5.69 Å². The normalized spacial score (nSPS) is 16.7. The maximum Gasteiger partial charge on any atom is 0.275 e. The van der Waals surface area contributed by atoms with Gasteiger partial charge < -0.3 is 4.90 Å². The van der Waals surface area contributed by atoms with E-state index < -0.39 is 0 Å². The number of aromatic amines is 1. The summed E-state index contributed by atoms with van der Waals surface area (Å²) in [6.07, 6.45) is 0.927. The first kappa shape index (κ1) is 15.1. The fourth-order valence-electron chi connectivity index (χ4n) is 3.36. The van der Waals surface area contributed by atoms with Crippen molar-refractivity contribution in [2.75, 3.05) is 6.54 Å². The van der Waals surface area contributed by atoms with Crippen LogP contribution in [-0.2, 0) is 0 Å². The number of rotatable bonds is 4. The molecule has 24 heavy (non-hydrogen) atoms. The molecule has 0 spiro atoms. The van der Waals surface area contributed by atoms with Gasteiger partial charge in [-0.2, -0.15) is 5.10 Å². The Labute approximate surface area is 145 Å². The molecule has 1 aromatic carbocycles. The second kappa shape index (κ2) is 5.91. The average Bonchev–Trinajstić information content (AvgIpc) is 3.28. The summed E-state index contributed by atoms with van der Waals surface area (Å²) in [7, 11) is 0. The molecule has 1 unspecified atom stereocenters. The minimum atomic E-state index is -0.0658. The summed E-state index contributed by atoms with van der Waals surface area (Å²) in [5.74, 6) is 0.0245. The lowest BCUT2D eigenvalue weighted by molar-refractivity contribution is 0.0744.